The quantitative estimate of drug-likeness (QED) is 0.861. The van der Waals surface area contributed by atoms with Crippen LogP contribution >= 0.6 is 0 Å². The first-order valence-corrected chi connectivity index (χ1v) is 7.03. The SMILES string of the molecule is CC(O)(CC1CC2CCC1C2)c1cccc(F)c1. The van der Waals surface area contributed by atoms with Crippen molar-refractivity contribution >= 4 is 0 Å². The minimum Gasteiger partial charge on any atom is -0.385 e. The summed E-state index contributed by atoms with van der Waals surface area (Å²) in [5, 5.41) is 10.6. The van der Waals surface area contributed by atoms with Gasteiger partial charge in [0.1, 0.15) is 5.82 Å². The molecule has 0 aliphatic heterocycles. The molecule has 4 atom stereocenters. The second-order valence-corrected chi connectivity index (χ2v) is 6.42. The fourth-order valence-electron chi connectivity index (χ4n) is 4.08. The smallest absolute Gasteiger partial charge is 0.123 e. The van der Waals surface area contributed by atoms with Crippen molar-refractivity contribution < 1.29 is 9.50 Å². The molecule has 0 radical (unpaired) electrons. The van der Waals surface area contributed by atoms with Gasteiger partial charge in [0.25, 0.3) is 0 Å². The molecule has 2 bridgehead atoms. The van der Waals surface area contributed by atoms with E-state index in [1.54, 1.807) is 6.07 Å². The first-order valence-electron chi connectivity index (χ1n) is 7.03. The van der Waals surface area contributed by atoms with Gasteiger partial charge in [-0.3, -0.25) is 0 Å². The maximum absolute atomic E-state index is 13.2. The van der Waals surface area contributed by atoms with Crippen molar-refractivity contribution in [2.45, 2.75) is 44.6 Å². The summed E-state index contributed by atoms with van der Waals surface area (Å²) in [5.41, 5.74) is -0.178. The first kappa shape index (κ1) is 12.2. The van der Waals surface area contributed by atoms with Gasteiger partial charge in [-0.15, -0.1) is 0 Å². The molecule has 1 N–H and O–H groups in total. The van der Waals surface area contributed by atoms with Gasteiger partial charge in [0, 0.05) is 0 Å². The zero-order valence-corrected chi connectivity index (χ0v) is 10.9. The van der Waals surface area contributed by atoms with Crippen LogP contribution in [0, 0.1) is 23.6 Å². The summed E-state index contributed by atoms with van der Waals surface area (Å²) < 4.78 is 13.2. The van der Waals surface area contributed by atoms with Crippen LogP contribution in [-0.4, -0.2) is 5.11 Å². The van der Waals surface area contributed by atoms with Gasteiger partial charge in [-0.1, -0.05) is 18.6 Å². The van der Waals surface area contributed by atoms with Crippen LogP contribution in [0.3, 0.4) is 0 Å². The third-order valence-corrected chi connectivity index (χ3v) is 4.99. The normalized spacial score (nSPS) is 33.6. The van der Waals surface area contributed by atoms with Crippen LogP contribution < -0.4 is 0 Å². The largest absolute Gasteiger partial charge is 0.385 e. The molecular formula is C16H21FO. The topological polar surface area (TPSA) is 20.2 Å². The number of aliphatic hydroxyl groups is 1. The van der Waals surface area contributed by atoms with Crippen LogP contribution in [0.4, 0.5) is 4.39 Å². The number of halogens is 1. The molecule has 2 aliphatic carbocycles. The van der Waals surface area contributed by atoms with Crippen molar-refractivity contribution in [2.24, 2.45) is 17.8 Å². The number of hydrogen-bond donors (Lipinski definition) is 1. The molecule has 2 fully saturated rings. The van der Waals surface area contributed by atoms with Gasteiger partial charge in [-0.2, -0.15) is 0 Å². The maximum atomic E-state index is 13.2. The summed E-state index contributed by atoms with van der Waals surface area (Å²) in [4.78, 5) is 0. The lowest BCUT2D eigenvalue weighted by atomic mass is 9.78. The minimum atomic E-state index is -0.892. The van der Waals surface area contributed by atoms with E-state index >= 15 is 0 Å². The summed E-state index contributed by atoms with van der Waals surface area (Å²) in [5.74, 6) is 2.06. The minimum absolute atomic E-state index is 0.263. The second kappa shape index (κ2) is 4.34. The fourth-order valence-corrected chi connectivity index (χ4v) is 4.08. The first-order chi connectivity index (χ1) is 8.54. The van der Waals surface area contributed by atoms with E-state index in [0.29, 0.717) is 11.5 Å². The average molecular weight is 248 g/mol. The van der Waals surface area contributed by atoms with Gasteiger partial charge >= 0.3 is 0 Å². The molecule has 1 aromatic carbocycles. The van der Waals surface area contributed by atoms with Crippen LogP contribution in [0.2, 0.25) is 0 Å². The highest BCUT2D eigenvalue weighted by molar-refractivity contribution is 5.22. The molecule has 0 aromatic heterocycles. The summed E-state index contributed by atoms with van der Waals surface area (Å²) in [7, 11) is 0. The Morgan fingerprint density at radius 2 is 2.17 bits per heavy atom. The Balaban J connectivity index is 1.74. The van der Waals surface area contributed by atoms with Crippen LogP contribution in [0.5, 0.6) is 0 Å². The molecule has 0 spiro atoms. The molecule has 2 saturated carbocycles. The summed E-state index contributed by atoms with van der Waals surface area (Å²) in [6, 6.07) is 6.40. The Bertz CT molecular complexity index is 440. The Labute approximate surface area is 108 Å². The number of benzene rings is 1. The van der Waals surface area contributed by atoms with Crippen molar-refractivity contribution in [2.75, 3.05) is 0 Å². The lowest BCUT2D eigenvalue weighted by molar-refractivity contribution is 0.0202. The van der Waals surface area contributed by atoms with E-state index in [0.717, 1.165) is 18.3 Å². The van der Waals surface area contributed by atoms with E-state index < -0.39 is 5.60 Å². The Morgan fingerprint density at radius 1 is 1.33 bits per heavy atom. The van der Waals surface area contributed by atoms with Crippen molar-refractivity contribution in [1.29, 1.82) is 0 Å². The average Bonchev–Trinajstić information content (AvgIpc) is 2.90. The monoisotopic (exact) mass is 248 g/mol. The van der Waals surface area contributed by atoms with E-state index in [1.807, 2.05) is 13.0 Å². The summed E-state index contributed by atoms with van der Waals surface area (Å²) >= 11 is 0. The highest BCUT2D eigenvalue weighted by Gasteiger charge is 2.42. The van der Waals surface area contributed by atoms with Gasteiger partial charge in [0.2, 0.25) is 0 Å². The van der Waals surface area contributed by atoms with Gasteiger partial charge in [-0.25, -0.2) is 4.39 Å². The Kier molecular flexibility index (Phi) is 2.93. The maximum Gasteiger partial charge on any atom is 0.123 e. The molecule has 2 aliphatic rings. The summed E-state index contributed by atoms with van der Waals surface area (Å²) in [6.45, 7) is 1.83. The predicted octanol–water partition coefficient (Wildman–Crippen LogP) is 3.86. The van der Waals surface area contributed by atoms with Gasteiger partial charge in [0.15, 0.2) is 0 Å². The highest BCUT2D eigenvalue weighted by Crippen LogP contribution is 2.51. The van der Waals surface area contributed by atoms with Crippen molar-refractivity contribution in [1.82, 2.24) is 0 Å². The lowest BCUT2D eigenvalue weighted by Gasteiger charge is -2.31. The van der Waals surface area contributed by atoms with E-state index in [1.165, 1.54) is 37.8 Å². The van der Waals surface area contributed by atoms with E-state index in [4.69, 9.17) is 0 Å². The van der Waals surface area contributed by atoms with Crippen molar-refractivity contribution in [3.8, 4) is 0 Å². The van der Waals surface area contributed by atoms with Gasteiger partial charge in [-0.05, 0) is 68.1 Å². The van der Waals surface area contributed by atoms with Crippen LogP contribution in [0.15, 0.2) is 24.3 Å². The second-order valence-electron chi connectivity index (χ2n) is 6.42. The molecule has 0 heterocycles. The molecule has 18 heavy (non-hydrogen) atoms. The standard InChI is InChI=1S/C16H21FO/c1-16(18,14-3-2-4-15(17)9-14)10-13-8-11-5-6-12(13)7-11/h2-4,9,11-13,18H,5-8,10H2,1H3. The summed E-state index contributed by atoms with van der Waals surface area (Å²) in [6.07, 6.45) is 6.09. The third kappa shape index (κ3) is 2.18. The zero-order chi connectivity index (χ0) is 12.8. The fraction of sp³-hybridized carbons (Fsp3) is 0.625. The van der Waals surface area contributed by atoms with E-state index in [-0.39, 0.29) is 5.82 Å². The molecule has 1 aromatic rings. The van der Waals surface area contributed by atoms with E-state index in [9.17, 15) is 9.50 Å². The molecule has 1 nitrogen and oxygen atoms in total. The number of rotatable bonds is 3. The molecule has 4 unspecified atom stereocenters. The molecule has 2 heteroatoms. The Hall–Kier alpha value is -0.890. The van der Waals surface area contributed by atoms with Gasteiger partial charge < -0.3 is 5.11 Å². The van der Waals surface area contributed by atoms with E-state index in [2.05, 4.69) is 0 Å². The molecule has 98 valence electrons. The molecular weight excluding hydrogens is 227 g/mol. The predicted molar refractivity (Wildman–Crippen MR) is 69.5 cm³/mol. The van der Waals surface area contributed by atoms with Crippen molar-refractivity contribution in [3.63, 3.8) is 0 Å². The molecule has 3 rings (SSSR count). The zero-order valence-electron chi connectivity index (χ0n) is 10.9. The lowest BCUT2D eigenvalue weighted by Crippen LogP contribution is -2.27. The van der Waals surface area contributed by atoms with Crippen LogP contribution in [0.1, 0.15) is 44.6 Å². The number of hydrogen-bond acceptors (Lipinski definition) is 1. The van der Waals surface area contributed by atoms with Crippen LogP contribution in [0.25, 0.3) is 0 Å². The number of fused-ring (bicyclic) bond motifs is 2. The van der Waals surface area contributed by atoms with Crippen LogP contribution in [-0.2, 0) is 5.60 Å². The Morgan fingerprint density at radius 3 is 2.78 bits per heavy atom. The molecule has 0 saturated heterocycles. The molecule has 0 amide bonds. The highest BCUT2D eigenvalue weighted by atomic mass is 19.1. The van der Waals surface area contributed by atoms with Gasteiger partial charge in [0.05, 0.1) is 5.60 Å². The third-order valence-electron chi connectivity index (χ3n) is 4.99. The van der Waals surface area contributed by atoms with Crippen molar-refractivity contribution in [3.05, 3.63) is 35.6 Å².